The maximum Gasteiger partial charge on any atom is 0.259 e. The van der Waals surface area contributed by atoms with Crippen LogP contribution >= 0.6 is 0 Å². The van der Waals surface area contributed by atoms with Gasteiger partial charge in [0.15, 0.2) is 0 Å². The molecule has 180 valence electrons. The van der Waals surface area contributed by atoms with Crippen molar-refractivity contribution in [2.75, 3.05) is 38.6 Å². The molecule has 3 heterocycles. The average Bonchev–Trinajstić information content (AvgIpc) is 3.52. The van der Waals surface area contributed by atoms with E-state index in [-0.39, 0.29) is 11.8 Å². The molecule has 2 amide bonds. The lowest BCUT2D eigenvalue weighted by Gasteiger charge is -2.19. The van der Waals surface area contributed by atoms with E-state index in [1.54, 1.807) is 0 Å². The molecule has 2 N–H and O–H groups in total. The molecule has 7 heteroatoms. The van der Waals surface area contributed by atoms with Crippen molar-refractivity contribution in [2.24, 2.45) is 0 Å². The molecule has 0 bridgehead atoms. The van der Waals surface area contributed by atoms with E-state index in [4.69, 9.17) is 0 Å². The maximum absolute atomic E-state index is 13.2. The Morgan fingerprint density at radius 1 is 0.886 bits per heavy atom. The van der Waals surface area contributed by atoms with E-state index in [1.165, 1.54) is 0 Å². The second-order valence-electron chi connectivity index (χ2n) is 9.14. The number of rotatable bonds is 8. The zero-order chi connectivity index (χ0) is 24.7. The highest BCUT2D eigenvalue weighted by molar-refractivity contribution is 6.50. The minimum atomic E-state index is -0.358. The Balaban J connectivity index is 1.72. The molecule has 1 aliphatic rings. The summed E-state index contributed by atoms with van der Waals surface area (Å²) < 4.78 is 2.21. The Morgan fingerprint density at radius 3 is 2.31 bits per heavy atom. The van der Waals surface area contributed by atoms with Gasteiger partial charge in [-0.25, -0.2) is 0 Å². The summed E-state index contributed by atoms with van der Waals surface area (Å²) in [6.45, 7) is 8.00. The Morgan fingerprint density at radius 2 is 1.60 bits per heavy atom. The summed E-state index contributed by atoms with van der Waals surface area (Å²) in [5.74, 6) is -0.710. The molecular weight excluding hydrogens is 438 g/mol. The van der Waals surface area contributed by atoms with Crippen molar-refractivity contribution in [1.82, 2.24) is 19.8 Å². The highest BCUT2D eigenvalue weighted by atomic mass is 16.2. The number of nitrogens with zero attached hydrogens (tertiary/aromatic N) is 3. The fourth-order valence-electron chi connectivity index (χ4n) is 4.98. The van der Waals surface area contributed by atoms with E-state index in [0.29, 0.717) is 11.1 Å². The maximum atomic E-state index is 13.2. The summed E-state index contributed by atoms with van der Waals surface area (Å²) >= 11 is 0. The molecule has 0 saturated carbocycles. The van der Waals surface area contributed by atoms with Gasteiger partial charge in [0.2, 0.25) is 0 Å². The van der Waals surface area contributed by atoms with E-state index in [9.17, 15) is 9.59 Å². The van der Waals surface area contributed by atoms with Crippen LogP contribution in [0.25, 0.3) is 33.0 Å². The number of nitrogens with one attached hydrogen (secondary N) is 2. The van der Waals surface area contributed by atoms with Crippen molar-refractivity contribution in [3.63, 3.8) is 0 Å². The molecule has 0 atom stereocenters. The van der Waals surface area contributed by atoms with Gasteiger partial charge in [-0.3, -0.25) is 14.9 Å². The predicted octanol–water partition coefficient (Wildman–Crippen LogP) is 4.10. The van der Waals surface area contributed by atoms with E-state index in [2.05, 4.69) is 56.7 Å². The number of anilines is 1. The number of amides is 2. The molecule has 5 rings (SSSR count). The van der Waals surface area contributed by atoms with Crippen LogP contribution < -0.4 is 10.2 Å². The molecule has 2 aromatic heterocycles. The van der Waals surface area contributed by atoms with Crippen LogP contribution in [0, 0.1) is 0 Å². The first kappa shape index (κ1) is 22.9. The summed E-state index contributed by atoms with van der Waals surface area (Å²) in [6, 6.07) is 14.1. The quantitative estimate of drug-likeness (QED) is 0.381. The standard InChI is InChI=1S/C28H31N5O2/c1-5-32(6-2)13-14-33-17-22(20-12-11-18(31(3)4)15-24(20)33)26-25(27(34)30-28(26)35)21-16-29-23-10-8-7-9-19(21)23/h7-12,15-17,29H,5-6,13-14H2,1-4H3,(H,30,34,35). The van der Waals surface area contributed by atoms with Gasteiger partial charge in [-0.05, 0) is 31.3 Å². The average molecular weight is 470 g/mol. The predicted molar refractivity (Wildman–Crippen MR) is 142 cm³/mol. The molecule has 0 aliphatic carbocycles. The molecule has 7 nitrogen and oxygen atoms in total. The van der Waals surface area contributed by atoms with Gasteiger partial charge >= 0.3 is 0 Å². The Hall–Kier alpha value is -3.84. The van der Waals surface area contributed by atoms with E-state index >= 15 is 0 Å². The molecular formula is C28H31N5O2. The smallest absolute Gasteiger partial charge is 0.259 e. The van der Waals surface area contributed by atoms with Crippen LogP contribution in [0.5, 0.6) is 0 Å². The number of carbonyl (C=O) groups excluding carboxylic acids is 2. The van der Waals surface area contributed by atoms with Crippen molar-refractivity contribution in [3.8, 4) is 0 Å². The number of hydrogen-bond acceptors (Lipinski definition) is 4. The highest BCUT2D eigenvalue weighted by Crippen LogP contribution is 2.39. The summed E-state index contributed by atoms with van der Waals surface area (Å²) in [7, 11) is 4.04. The monoisotopic (exact) mass is 469 g/mol. The number of aromatic nitrogens is 2. The lowest BCUT2D eigenvalue weighted by atomic mass is 9.95. The second-order valence-corrected chi connectivity index (χ2v) is 9.14. The van der Waals surface area contributed by atoms with Gasteiger partial charge in [0.25, 0.3) is 11.8 Å². The van der Waals surface area contributed by atoms with Gasteiger partial charge in [0.05, 0.1) is 16.7 Å². The SMILES string of the molecule is CCN(CC)CCn1cc(C2=C(c3c[nH]c4ccccc34)C(=O)NC2=O)c2ccc(N(C)C)cc21. The molecule has 0 saturated heterocycles. The Bertz CT molecular complexity index is 1470. The fourth-order valence-corrected chi connectivity index (χ4v) is 4.98. The number of carbonyl (C=O) groups is 2. The van der Waals surface area contributed by atoms with Gasteiger partial charge < -0.3 is 19.4 Å². The van der Waals surface area contributed by atoms with Crippen LogP contribution in [0.3, 0.4) is 0 Å². The lowest BCUT2D eigenvalue weighted by molar-refractivity contribution is -0.122. The molecule has 0 spiro atoms. The third kappa shape index (κ3) is 3.91. The highest BCUT2D eigenvalue weighted by Gasteiger charge is 2.35. The number of H-pyrrole nitrogens is 1. The first-order valence-corrected chi connectivity index (χ1v) is 12.1. The molecule has 0 unspecified atom stereocenters. The Labute approximate surface area is 205 Å². The number of benzene rings is 2. The van der Waals surface area contributed by atoms with Crippen LogP contribution in [0.2, 0.25) is 0 Å². The Kier molecular flexibility index (Phi) is 5.94. The van der Waals surface area contributed by atoms with Crippen molar-refractivity contribution in [2.45, 2.75) is 20.4 Å². The minimum absolute atomic E-state index is 0.352. The number of likely N-dealkylation sites (N-methyl/N-ethyl adjacent to an activating group) is 1. The third-order valence-electron chi connectivity index (χ3n) is 6.99. The van der Waals surface area contributed by atoms with Crippen LogP contribution in [0.4, 0.5) is 5.69 Å². The fraction of sp³-hybridized carbons (Fsp3) is 0.286. The zero-order valence-electron chi connectivity index (χ0n) is 20.7. The molecule has 35 heavy (non-hydrogen) atoms. The van der Waals surface area contributed by atoms with Crippen molar-refractivity contribution in [3.05, 3.63) is 66.0 Å². The van der Waals surface area contributed by atoms with Crippen molar-refractivity contribution >= 4 is 50.5 Å². The number of fused-ring (bicyclic) bond motifs is 2. The second kappa shape index (κ2) is 9.07. The summed E-state index contributed by atoms with van der Waals surface area (Å²) in [4.78, 5) is 33.9. The normalized spacial score (nSPS) is 14.1. The van der Waals surface area contributed by atoms with E-state index in [0.717, 1.165) is 64.8 Å². The summed E-state index contributed by atoms with van der Waals surface area (Å²) in [5, 5.41) is 4.44. The van der Waals surface area contributed by atoms with E-state index < -0.39 is 0 Å². The largest absolute Gasteiger partial charge is 0.378 e. The van der Waals surface area contributed by atoms with Crippen LogP contribution in [-0.2, 0) is 16.1 Å². The van der Waals surface area contributed by atoms with Crippen molar-refractivity contribution < 1.29 is 9.59 Å². The number of hydrogen-bond donors (Lipinski definition) is 2. The molecule has 1 aliphatic heterocycles. The molecule has 2 aromatic carbocycles. The van der Waals surface area contributed by atoms with Gasteiger partial charge in [0.1, 0.15) is 0 Å². The molecule has 4 aromatic rings. The van der Waals surface area contributed by atoms with Crippen LogP contribution in [0.1, 0.15) is 25.0 Å². The van der Waals surface area contributed by atoms with Crippen LogP contribution in [0.15, 0.2) is 54.9 Å². The number of imide groups is 1. The summed E-state index contributed by atoms with van der Waals surface area (Å²) in [6.07, 6.45) is 3.86. The molecule has 0 fully saturated rings. The van der Waals surface area contributed by atoms with Gasteiger partial charge in [0, 0.05) is 72.7 Å². The summed E-state index contributed by atoms with van der Waals surface area (Å²) in [5.41, 5.74) is 5.45. The van der Waals surface area contributed by atoms with Crippen LogP contribution in [-0.4, -0.2) is 60.0 Å². The minimum Gasteiger partial charge on any atom is -0.378 e. The van der Waals surface area contributed by atoms with Gasteiger partial charge in [-0.1, -0.05) is 38.1 Å². The first-order chi connectivity index (χ1) is 16.9. The number of aromatic amines is 1. The van der Waals surface area contributed by atoms with Gasteiger partial charge in [-0.2, -0.15) is 0 Å². The van der Waals surface area contributed by atoms with Crippen molar-refractivity contribution in [1.29, 1.82) is 0 Å². The van der Waals surface area contributed by atoms with Gasteiger partial charge in [-0.15, -0.1) is 0 Å². The topological polar surface area (TPSA) is 73.4 Å². The molecule has 0 radical (unpaired) electrons. The van der Waals surface area contributed by atoms with E-state index in [1.807, 2.05) is 50.8 Å². The first-order valence-electron chi connectivity index (χ1n) is 12.1. The lowest BCUT2D eigenvalue weighted by Crippen LogP contribution is -2.26. The third-order valence-corrected chi connectivity index (χ3v) is 6.99. The zero-order valence-corrected chi connectivity index (χ0v) is 20.7. The number of para-hydroxylation sites is 1.